The van der Waals surface area contributed by atoms with E-state index >= 15 is 0 Å². The van der Waals surface area contributed by atoms with Gasteiger partial charge in [0.25, 0.3) is 0 Å². The highest BCUT2D eigenvalue weighted by Gasteiger charge is 2.26. The van der Waals surface area contributed by atoms with E-state index in [1.165, 1.54) is 24.3 Å². The highest BCUT2D eigenvalue weighted by atomic mass is 35.5. The highest BCUT2D eigenvalue weighted by Crippen LogP contribution is 2.33. The number of carbonyl (C=O) groups excluding carboxylic acids is 3. The Hall–Kier alpha value is -4.28. The molecule has 12 heteroatoms. The van der Waals surface area contributed by atoms with Crippen molar-refractivity contribution in [1.82, 2.24) is 5.32 Å². The molecule has 0 unspecified atom stereocenters. The van der Waals surface area contributed by atoms with Crippen molar-refractivity contribution < 1.29 is 28.7 Å². The smallest absolute Gasteiger partial charge is 0.308 e. The SMILES string of the molecule is Cc1ccc(-c2cc(Cl)c(C(=O)C[C@@H](CNC(=O)CCC(=O)c3cccc(N=C(N)N)c3)C(=O)O)c(Cl)c2)cc1F. The number of amides is 1. The largest absolute Gasteiger partial charge is 0.481 e. The van der Waals surface area contributed by atoms with Crippen LogP contribution in [0.3, 0.4) is 0 Å². The molecule has 0 aliphatic carbocycles. The lowest BCUT2D eigenvalue weighted by Crippen LogP contribution is -2.34. The number of aliphatic carboxylic acids is 1. The zero-order valence-electron chi connectivity index (χ0n) is 21.9. The van der Waals surface area contributed by atoms with Gasteiger partial charge in [0, 0.05) is 31.4 Å². The number of halogens is 3. The highest BCUT2D eigenvalue weighted by molar-refractivity contribution is 6.40. The number of carbonyl (C=O) groups is 4. The summed E-state index contributed by atoms with van der Waals surface area (Å²) in [5, 5.41) is 12.0. The molecule has 0 aromatic heterocycles. The van der Waals surface area contributed by atoms with Crippen molar-refractivity contribution >= 4 is 58.3 Å². The second-order valence-electron chi connectivity index (χ2n) is 9.26. The van der Waals surface area contributed by atoms with Crippen LogP contribution in [0.4, 0.5) is 10.1 Å². The van der Waals surface area contributed by atoms with E-state index in [1.807, 2.05) is 0 Å². The molecule has 0 aliphatic heterocycles. The van der Waals surface area contributed by atoms with Gasteiger partial charge in [0.1, 0.15) is 5.82 Å². The fourth-order valence-corrected chi connectivity index (χ4v) is 4.64. The monoisotopic (exact) mass is 600 g/mol. The van der Waals surface area contributed by atoms with E-state index in [0.29, 0.717) is 27.9 Å². The molecule has 9 nitrogen and oxygen atoms in total. The number of benzene rings is 3. The molecule has 0 fully saturated rings. The summed E-state index contributed by atoms with van der Waals surface area (Å²) in [6.07, 6.45) is -0.843. The topological polar surface area (TPSA) is 165 Å². The van der Waals surface area contributed by atoms with Crippen molar-refractivity contribution in [3.05, 3.63) is 87.2 Å². The van der Waals surface area contributed by atoms with Crippen molar-refractivity contribution in [2.24, 2.45) is 22.4 Å². The number of guanidine groups is 1. The maximum atomic E-state index is 14.0. The number of carboxylic acids is 1. The maximum absolute atomic E-state index is 14.0. The van der Waals surface area contributed by atoms with Crippen LogP contribution in [0.1, 0.15) is 45.5 Å². The Bertz CT molecular complexity index is 1520. The van der Waals surface area contributed by atoms with Gasteiger partial charge in [-0.15, -0.1) is 0 Å². The van der Waals surface area contributed by atoms with Gasteiger partial charge in [-0.25, -0.2) is 9.38 Å². The van der Waals surface area contributed by atoms with Crippen LogP contribution in [0.2, 0.25) is 10.0 Å². The molecule has 0 radical (unpaired) electrons. The Morgan fingerprint density at radius 2 is 1.63 bits per heavy atom. The summed E-state index contributed by atoms with van der Waals surface area (Å²) in [4.78, 5) is 53.5. The third kappa shape index (κ3) is 8.60. The van der Waals surface area contributed by atoms with Gasteiger partial charge in [0.05, 0.1) is 27.2 Å². The minimum Gasteiger partial charge on any atom is -0.481 e. The van der Waals surface area contributed by atoms with Gasteiger partial charge in [0.15, 0.2) is 17.5 Å². The summed E-state index contributed by atoms with van der Waals surface area (Å²) in [7, 11) is 0. The third-order valence-electron chi connectivity index (χ3n) is 6.16. The third-order valence-corrected chi connectivity index (χ3v) is 6.75. The summed E-state index contributed by atoms with van der Waals surface area (Å²) < 4.78 is 14.0. The quantitative estimate of drug-likeness (QED) is 0.128. The Labute approximate surface area is 245 Å². The first-order valence-electron chi connectivity index (χ1n) is 12.4. The predicted molar refractivity (Wildman–Crippen MR) is 155 cm³/mol. The van der Waals surface area contributed by atoms with Crippen LogP contribution < -0.4 is 16.8 Å². The molecule has 0 saturated carbocycles. The van der Waals surface area contributed by atoms with Crippen LogP contribution in [0.25, 0.3) is 11.1 Å². The average Bonchev–Trinajstić information content (AvgIpc) is 2.90. The lowest BCUT2D eigenvalue weighted by Gasteiger charge is -2.15. The molecule has 3 aromatic carbocycles. The lowest BCUT2D eigenvalue weighted by molar-refractivity contribution is -0.141. The van der Waals surface area contributed by atoms with Gasteiger partial charge >= 0.3 is 5.97 Å². The zero-order valence-corrected chi connectivity index (χ0v) is 23.4. The van der Waals surface area contributed by atoms with Crippen molar-refractivity contribution in [2.45, 2.75) is 26.2 Å². The molecule has 3 rings (SSSR count). The van der Waals surface area contributed by atoms with E-state index < -0.39 is 35.8 Å². The van der Waals surface area contributed by atoms with E-state index in [4.69, 9.17) is 34.7 Å². The standard InChI is InChI=1S/C29H27Cl2FN4O5/c1-15-5-6-16(12-23(15)32)18-10-21(30)27(22(31)11-18)25(38)13-19(28(40)41)14-35-26(39)8-7-24(37)17-3-2-4-20(9-17)36-29(33)34/h2-6,9-12,19H,7-8,13-14H2,1H3,(H,35,39)(H,40,41)(H4,33,34,36)/t19-/m0/s1. The van der Waals surface area contributed by atoms with Gasteiger partial charge in [-0.05, 0) is 53.9 Å². The Balaban J connectivity index is 1.61. The van der Waals surface area contributed by atoms with Gasteiger partial charge < -0.3 is 21.9 Å². The molecule has 0 saturated heterocycles. The minimum absolute atomic E-state index is 0.0194. The zero-order chi connectivity index (χ0) is 30.3. The van der Waals surface area contributed by atoms with Crippen LogP contribution in [-0.4, -0.2) is 41.1 Å². The number of carboxylic acid groups (broad SMARTS) is 1. The molecular formula is C29H27Cl2FN4O5. The fraction of sp³-hybridized carbons (Fsp3) is 0.207. The molecular weight excluding hydrogens is 574 g/mol. The molecule has 0 spiro atoms. The number of nitrogens with zero attached hydrogens (tertiary/aromatic N) is 1. The lowest BCUT2D eigenvalue weighted by atomic mass is 9.95. The van der Waals surface area contributed by atoms with Crippen molar-refractivity contribution in [2.75, 3.05) is 6.54 Å². The fourth-order valence-electron chi connectivity index (χ4n) is 3.95. The summed E-state index contributed by atoms with van der Waals surface area (Å²) in [5.41, 5.74) is 12.8. The first kappa shape index (κ1) is 31.3. The van der Waals surface area contributed by atoms with Crippen LogP contribution in [0.15, 0.2) is 59.6 Å². The average molecular weight is 601 g/mol. The summed E-state index contributed by atoms with van der Waals surface area (Å²) in [6, 6.07) is 13.7. The van der Waals surface area contributed by atoms with Gasteiger partial charge in [-0.2, -0.15) is 0 Å². The molecule has 41 heavy (non-hydrogen) atoms. The van der Waals surface area contributed by atoms with E-state index in [-0.39, 0.29) is 46.7 Å². The first-order chi connectivity index (χ1) is 19.3. The Kier molecular flexibility index (Phi) is 10.6. The van der Waals surface area contributed by atoms with Crippen LogP contribution in [0.5, 0.6) is 0 Å². The molecule has 6 N–H and O–H groups in total. The number of hydrogen-bond acceptors (Lipinski definition) is 5. The summed E-state index contributed by atoms with van der Waals surface area (Å²) in [5.74, 6) is -4.72. The summed E-state index contributed by atoms with van der Waals surface area (Å²) in [6.45, 7) is 1.27. The molecule has 214 valence electrons. The predicted octanol–water partition coefficient (Wildman–Crippen LogP) is 5.07. The molecule has 0 bridgehead atoms. The minimum atomic E-state index is -1.31. The Morgan fingerprint density at radius 1 is 0.951 bits per heavy atom. The van der Waals surface area contributed by atoms with Crippen molar-refractivity contribution in [3.63, 3.8) is 0 Å². The summed E-state index contributed by atoms with van der Waals surface area (Å²) >= 11 is 12.7. The number of nitrogens with one attached hydrogen (secondary N) is 1. The number of ketones is 2. The van der Waals surface area contributed by atoms with Gasteiger partial charge in [-0.3, -0.25) is 19.2 Å². The van der Waals surface area contributed by atoms with E-state index in [2.05, 4.69) is 10.3 Å². The number of aliphatic imine (C=N–C) groups is 1. The van der Waals surface area contributed by atoms with Gasteiger partial charge in [0.2, 0.25) is 5.91 Å². The Morgan fingerprint density at radius 3 is 2.24 bits per heavy atom. The number of aryl methyl sites for hydroxylation is 1. The van der Waals surface area contributed by atoms with Crippen LogP contribution in [-0.2, 0) is 9.59 Å². The number of rotatable bonds is 12. The van der Waals surface area contributed by atoms with Crippen molar-refractivity contribution in [1.29, 1.82) is 0 Å². The maximum Gasteiger partial charge on any atom is 0.308 e. The second kappa shape index (κ2) is 13.9. The first-order valence-corrected chi connectivity index (χ1v) is 13.1. The molecule has 1 amide bonds. The number of nitrogens with two attached hydrogens (primary N) is 2. The van der Waals surface area contributed by atoms with E-state index in [0.717, 1.165) is 0 Å². The molecule has 0 heterocycles. The normalized spacial score (nSPS) is 11.4. The number of hydrogen-bond donors (Lipinski definition) is 4. The van der Waals surface area contributed by atoms with E-state index in [9.17, 15) is 28.7 Å². The van der Waals surface area contributed by atoms with Crippen LogP contribution in [0, 0.1) is 18.7 Å². The van der Waals surface area contributed by atoms with Crippen LogP contribution >= 0.6 is 23.2 Å². The van der Waals surface area contributed by atoms with E-state index in [1.54, 1.807) is 37.3 Å². The number of Topliss-reactive ketones (excluding diaryl/α,β-unsaturated/α-hetero) is 2. The van der Waals surface area contributed by atoms with Gasteiger partial charge in [-0.1, -0.05) is 47.5 Å². The molecule has 1 atom stereocenters. The second-order valence-corrected chi connectivity index (χ2v) is 10.1. The molecule has 3 aromatic rings. The van der Waals surface area contributed by atoms with Crippen molar-refractivity contribution in [3.8, 4) is 11.1 Å². The molecule has 0 aliphatic rings.